The molecule has 0 aliphatic rings. The second kappa shape index (κ2) is 40.7. The molecule has 2 unspecified atom stereocenters. The smallest absolute Gasteiger partial charge is 0.472 e. The van der Waals surface area contributed by atoms with Crippen LogP contribution in [-0.4, -0.2) is 43.3 Å². The zero-order chi connectivity index (χ0) is 38.1. The van der Waals surface area contributed by atoms with Gasteiger partial charge < -0.3 is 20.1 Å². The third-order valence-corrected chi connectivity index (χ3v) is 10.1. The summed E-state index contributed by atoms with van der Waals surface area (Å²) in [5, 5.41) is 0. The van der Waals surface area contributed by atoms with Crippen LogP contribution in [0.1, 0.15) is 200 Å². The summed E-state index contributed by atoms with van der Waals surface area (Å²) >= 11 is 0. The molecule has 0 aliphatic heterocycles. The van der Waals surface area contributed by atoms with E-state index in [9.17, 15) is 14.3 Å². The maximum Gasteiger partial charge on any atom is 0.472 e. The number of allylic oxidation sites excluding steroid dienone is 5. The first kappa shape index (κ1) is 50.6. The molecule has 0 saturated carbocycles. The van der Waals surface area contributed by atoms with Crippen LogP contribution in [0.25, 0.3) is 0 Å². The molecule has 3 N–H and O–H groups in total. The quantitative estimate of drug-likeness (QED) is 0.0208. The van der Waals surface area contributed by atoms with E-state index in [1.807, 2.05) is 6.08 Å². The van der Waals surface area contributed by atoms with Gasteiger partial charge in [-0.05, 0) is 76.7 Å². The van der Waals surface area contributed by atoms with E-state index in [-0.39, 0.29) is 32.3 Å². The Morgan fingerprint density at radius 1 is 0.577 bits per heavy atom. The van der Waals surface area contributed by atoms with E-state index in [1.54, 1.807) is 6.26 Å². The van der Waals surface area contributed by atoms with Crippen molar-refractivity contribution in [1.29, 1.82) is 0 Å². The van der Waals surface area contributed by atoms with Crippen LogP contribution in [0.2, 0.25) is 0 Å². The summed E-state index contributed by atoms with van der Waals surface area (Å²) in [6.45, 7) is 4.20. The van der Waals surface area contributed by atoms with Gasteiger partial charge in [0, 0.05) is 13.0 Å². The van der Waals surface area contributed by atoms with Gasteiger partial charge in [-0.15, -0.1) is 0 Å². The largest absolute Gasteiger partial charge is 0.492 e. The fourth-order valence-corrected chi connectivity index (χ4v) is 6.62. The van der Waals surface area contributed by atoms with Gasteiger partial charge in [0.1, 0.15) is 6.61 Å². The fourth-order valence-electron chi connectivity index (χ4n) is 5.85. The minimum atomic E-state index is -4.27. The van der Waals surface area contributed by atoms with E-state index in [4.69, 9.17) is 24.3 Å². The molecule has 0 aromatic rings. The fraction of sp³-hybridized carbons (Fsp3) is 0.837. The molecule has 0 heterocycles. The molecule has 0 aliphatic carbocycles. The van der Waals surface area contributed by atoms with Gasteiger partial charge in [-0.25, -0.2) is 4.57 Å². The van der Waals surface area contributed by atoms with E-state index in [2.05, 4.69) is 38.2 Å². The summed E-state index contributed by atoms with van der Waals surface area (Å²) in [4.78, 5) is 22.3. The van der Waals surface area contributed by atoms with E-state index in [0.717, 1.165) is 44.9 Å². The zero-order valence-electron chi connectivity index (χ0n) is 33.8. The van der Waals surface area contributed by atoms with Gasteiger partial charge in [0.25, 0.3) is 0 Å². The molecule has 0 aromatic heterocycles. The molecule has 0 spiro atoms. The van der Waals surface area contributed by atoms with Crippen LogP contribution >= 0.6 is 7.82 Å². The number of unbranched alkanes of at least 4 members (excludes halogenated alkanes) is 24. The average Bonchev–Trinajstić information content (AvgIpc) is 3.14. The van der Waals surface area contributed by atoms with Gasteiger partial charge in [-0.2, -0.15) is 0 Å². The number of esters is 1. The highest BCUT2D eigenvalue weighted by molar-refractivity contribution is 7.47. The minimum Gasteiger partial charge on any atom is -0.492 e. The second-order valence-electron chi connectivity index (χ2n) is 14.3. The van der Waals surface area contributed by atoms with Crippen molar-refractivity contribution in [3.05, 3.63) is 36.6 Å². The summed E-state index contributed by atoms with van der Waals surface area (Å²) in [6.07, 6.45) is 46.9. The number of hydrogen-bond acceptors (Lipinski definition) is 7. The molecular weight excluding hydrogens is 673 g/mol. The highest BCUT2D eigenvalue weighted by Gasteiger charge is 2.24. The molecule has 0 radical (unpaired) electrons. The van der Waals surface area contributed by atoms with Crippen molar-refractivity contribution in [1.82, 2.24) is 0 Å². The van der Waals surface area contributed by atoms with Crippen molar-refractivity contribution in [2.45, 2.75) is 206 Å². The molecule has 0 aromatic carbocycles. The van der Waals surface area contributed by atoms with Crippen LogP contribution in [0, 0.1) is 0 Å². The molecule has 0 bridgehead atoms. The Hall–Kier alpha value is -1.44. The first-order valence-corrected chi connectivity index (χ1v) is 23.0. The second-order valence-corrected chi connectivity index (χ2v) is 15.7. The van der Waals surface area contributed by atoms with Crippen molar-refractivity contribution in [3.63, 3.8) is 0 Å². The standard InChI is InChI=1S/C43H82NO7P/c1-3-5-7-9-11-13-15-17-19-21-22-24-26-28-30-32-34-36-43(45)49-40-42(41-51-52(46,47)50-39-37-44)48-38-35-33-31-29-27-25-23-20-18-16-14-12-10-8-6-4-2/h17-20,35,38,42H,3-16,21-34,36-37,39-41,44H2,1-2H3,(H,46,47). The van der Waals surface area contributed by atoms with Gasteiger partial charge in [0.2, 0.25) is 0 Å². The highest BCUT2D eigenvalue weighted by Crippen LogP contribution is 2.43. The molecule has 2 atom stereocenters. The molecule has 306 valence electrons. The van der Waals surface area contributed by atoms with Crippen molar-refractivity contribution < 1.29 is 32.8 Å². The van der Waals surface area contributed by atoms with Crippen LogP contribution in [0.5, 0.6) is 0 Å². The van der Waals surface area contributed by atoms with Crippen LogP contribution in [0.15, 0.2) is 36.6 Å². The van der Waals surface area contributed by atoms with Gasteiger partial charge in [-0.1, -0.05) is 147 Å². The third-order valence-electron chi connectivity index (χ3n) is 9.12. The third kappa shape index (κ3) is 39.8. The lowest BCUT2D eigenvalue weighted by atomic mass is 10.1. The van der Waals surface area contributed by atoms with Crippen molar-refractivity contribution in [3.8, 4) is 0 Å². The van der Waals surface area contributed by atoms with Gasteiger partial charge >= 0.3 is 13.8 Å². The zero-order valence-corrected chi connectivity index (χ0v) is 34.7. The summed E-state index contributed by atoms with van der Waals surface area (Å²) in [5.41, 5.74) is 5.36. The number of ether oxygens (including phenoxy) is 2. The Bertz CT molecular complexity index is 895. The van der Waals surface area contributed by atoms with E-state index in [0.29, 0.717) is 6.42 Å². The van der Waals surface area contributed by atoms with Crippen LogP contribution in [0.3, 0.4) is 0 Å². The Kier molecular flexibility index (Phi) is 39.6. The Labute approximate surface area is 320 Å². The van der Waals surface area contributed by atoms with E-state index in [1.165, 1.54) is 135 Å². The highest BCUT2D eigenvalue weighted by atomic mass is 31.2. The van der Waals surface area contributed by atoms with E-state index < -0.39 is 13.9 Å². The lowest BCUT2D eigenvalue weighted by Crippen LogP contribution is -2.25. The molecule has 9 heteroatoms. The molecule has 8 nitrogen and oxygen atoms in total. The van der Waals surface area contributed by atoms with Crippen LogP contribution < -0.4 is 5.73 Å². The monoisotopic (exact) mass is 756 g/mol. The number of carbonyl (C=O) groups is 1. The van der Waals surface area contributed by atoms with E-state index >= 15 is 0 Å². The normalized spacial score (nSPS) is 13.8. The van der Waals surface area contributed by atoms with Gasteiger partial charge in [0.05, 0.1) is 19.5 Å². The maximum absolute atomic E-state index is 12.4. The Balaban J connectivity index is 4.09. The molecule has 52 heavy (non-hydrogen) atoms. The number of rotatable bonds is 41. The lowest BCUT2D eigenvalue weighted by Gasteiger charge is -2.19. The Morgan fingerprint density at radius 2 is 0.981 bits per heavy atom. The average molecular weight is 756 g/mol. The predicted molar refractivity (Wildman–Crippen MR) is 219 cm³/mol. The first-order valence-electron chi connectivity index (χ1n) is 21.5. The lowest BCUT2D eigenvalue weighted by molar-refractivity contribution is -0.147. The molecule has 0 fully saturated rings. The molecule has 0 rings (SSSR count). The molecule has 0 amide bonds. The molecule has 0 saturated heterocycles. The van der Waals surface area contributed by atoms with Gasteiger partial charge in [0.15, 0.2) is 6.10 Å². The van der Waals surface area contributed by atoms with Crippen molar-refractivity contribution in [2.75, 3.05) is 26.4 Å². The number of phosphoric ester groups is 1. The number of nitrogens with two attached hydrogens (primary N) is 1. The van der Waals surface area contributed by atoms with Crippen LogP contribution in [-0.2, 0) is 27.9 Å². The number of phosphoric acid groups is 1. The predicted octanol–water partition coefficient (Wildman–Crippen LogP) is 13.0. The SMILES string of the molecule is CCCCCCCCC=CCCCCCCC=COC(COC(=O)CCCCCCCCCC=CCCCCCCCC)COP(=O)(O)OCCN. The number of carbonyl (C=O) groups excluding carboxylic acids is 1. The van der Waals surface area contributed by atoms with Crippen molar-refractivity contribution in [2.24, 2.45) is 5.73 Å². The Morgan fingerprint density at radius 3 is 1.42 bits per heavy atom. The summed E-state index contributed by atoms with van der Waals surface area (Å²) in [7, 11) is -4.27. The number of hydrogen-bond donors (Lipinski definition) is 2. The summed E-state index contributed by atoms with van der Waals surface area (Å²) < 4.78 is 33.2. The summed E-state index contributed by atoms with van der Waals surface area (Å²) in [5.74, 6) is -0.297. The topological polar surface area (TPSA) is 117 Å². The summed E-state index contributed by atoms with van der Waals surface area (Å²) in [6, 6.07) is 0. The van der Waals surface area contributed by atoms with Crippen molar-refractivity contribution >= 4 is 13.8 Å². The minimum absolute atomic E-state index is 0.0696. The molecular formula is C43H82NO7P. The maximum atomic E-state index is 12.4. The van der Waals surface area contributed by atoms with Gasteiger partial charge in [-0.3, -0.25) is 13.8 Å². The van der Waals surface area contributed by atoms with Crippen LogP contribution in [0.4, 0.5) is 0 Å². The first-order chi connectivity index (χ1) is 25.4.